The Balaban J connectivity index is 2.21. The van der Waals surface area contributed by atoms with Crippen molar-refractivity contribution >= 4 is 11.3 Å². The molecule has 1 aliphatic rings. The van der Waals surface area contributed by atoms with E-state index in [9.17, 15) is 0 Å². The van der Waals surface area contributed by atoms with Gasteiger partial charge in [-0.15, -0.1) is 11.3 Å². The monoisotopic (exact) mass is 210 g/mol. The van der Waals surface area contributed by atoms with Gasteiger partial charge in [0.2, 0.25) is 0 Å². The fourth-order valence-electron chi connectivity index (χ4n) is 1.65. The second-order valence-electron chi connectivity index (χ2n) is 4.21. The Labute approximate surface area is 89.5 Å². The van der Waals surface area contributed by atoms with E-state index in [4.69, 9.17) is 5.73 Å². The Morgan fingerprint density at radius 3 is 2.64 bits per heavy atom. The summed E-state index contributed by atoms with van der Waals surface area (Å²) in [6.07, 6.45) is 4.58. The lowest BCUT2D eigenvalue weighted by atomic mass is 9.91. The number of nitrogens with zero attached hydrogens (tertiary/aromatic N) is 1. The van der Waals surface area contributed by atoms with Crippen LogP contribution in [0, 0.1) is 0 Å². The van der Waals surface area contributed by atoms with Gasteiger partial charge in [-0.05, 0) is 25.7 Å². The number of hydrogen-bond acceptors (Lipinski definition) is 3. The highest BCUT2D eigenvalue weighted by Crippen LogP contribution is 2.42. The number of nitrogens with two attached hydrogens (primary N) is 1. The highest BCUT2D eigenvalue weighted by molar-refractivity contribution is 7.09. The summed E-state index contributed by atoms with van der Waals surface area (Å²) in [6, 6.07) is 0. The summed E-state index contributed by atoms with van der Waals surface area (Å²) in [7, 11) is 0. The molecule has 0 bridgehead atoms. The lowest BCUT2D eigenvalue weighted by molar-refractivity contribution is 0.402. The molecule has 1 heterocycles. The number of rotatable bonds is 4. The quantitative estimate of drug-likeness (QED) is 0.829. The molecule has 2 nitrogen and oxygen atoms in total. The van der Waals surface area contributed by atoms with E-state index in [1.807, 2.05) is 0 Å². The van der Waals surface area contributed by atoms with E-state index in [-0.39, 0.29) is 5.54 Å². The topological polar surface area (TPSA) is 38.9 Å². The molecule has 2 rings (SSSR count). The minimum atomic E-state index is -0.191. The van der Waals surface area contributed by atoms with Crippen LogP contribution in [-0.2, 0) is 5.54 Å². The van der Waals surface area contributed by atoms with E-state index in [0.29, 0.717) is 0 Å². The van der Waals surface area contributed by atoms with Gasteiger partial charge in [0.15, 0.2) is 0 Å². The lowest BCUT2D eigenvalue weighted by Crippen LogP contribution is -2.35. The number of thiazole rings is 1. The summed E-state index contributed by atoms with van der Waals surface area (Å²) < 4.78 is 0. The largest absolute Gasteiger partial charge is 0.320 e. The molecule has 0 unspecified atom stereocenters. The van der Waals surface area contributed by atoms with Crippen LogP contribution in [-0.4, -0.2) is 4.98 Å². The SMILES string of the molecule is CCC(N)(CC)c1csc(C2CC2)n1. The first-order valence-corrected chi connectivity index (χ1v) is 6.32. The predicted molar refractivity (Wildman–Crippen MR) is 60.5 cm³/mol. The molecule has 0 aliphatic heterocycles. The van der Waals surface area contributed by atoms with Gasteiger partial charge >= 0.3 is 0 Å². The maximum atomic E-state index is 6.30. The van der Waals surface area contributed by atoms with Crippen molar-refractivity contribution in [2.45, 2.75) is 51.0 Å². The lowest BCUT2D eigenvalue weighted by Gasteiger charge is -2.24. The van der Waals surface area contributed by atoms with Gasteiger partial charge in [-0.25, -0.2) is 4.98 Å². The summed E-state index contributed by atoms with van der Waals surface area (Å²) >= 11 is 1.79. The fourth-order valence-corrected chi connectivity index (χ4v) is 2.75. The van der Waals surface area contributed by atoms with Crippen molar-refractivity contribution in [2.24, 2.45) is 5.73 Å². The van der Waals surface area contributed by atoms with Crippen LogP contribution in [0.5, 0.6) is 0 Å². The van der Waals surface area contributed by atoms with E-state index in [1.54, 1.807) is 11.3 Å². The summed E-state index contributed by atoms with van der Waals surface area (Å²) in [6.45, 7) is 4.28. The highest BCUT2D eigenvalue weighted by Gasteiger charge is 2.30. The van der Waals surface area contributed by atoms with Crippen molar-refractivity contribution in [3.05, 3.63) is 16.1 Å². The first kappa shape index (κ1) is 10.1. The highest BCUT2D eigenvalue weighted by atomic mass is 32.1. The first-order chi connectivity index (χ1) is 6.69. The van der Waals surface area contributed by atoms with Crippen molar-refractivity contribution in [1.82, 2.24) is 4.98 Å². The second kappa shape index (κ2) is 3.63. The molecule has 1 aromatic rings. The Bertz CT molecular complexity index is 311. The van der Waals surface area contributed by atoms with Crippen molar-refractivity contribution in [1.29, 1.82) is 0 Å². The summed E-state index contributed by atoms with van der Waals surface area (Å²) in [5.41, 5.74) is 7.21. The van der Waals surface area contributed by atoms with E-state index < -0.39 is 0 Å². The van der Waals surface area contributed by atoms with Crippen molar-refractivity contribution in [3.8, 4) is 0 Å². The standard InChI is InChI=1S/C11H18N2S/c1-3-11(12,4-2)9-7-14-10(13-9)8-5-6-8/h7-8H,3-6,12H2,1-2H3. The van der Waals surface area contributed by atoms with Gasteiger partial charge in [0.05, 0.1) is 16.2 Å². The normalized spacial score (nSPS) is 17.4. The van der Waals surface area contributed by atoms with Crippen LogP contribution < -0.4 is 5.73 Å². The van der Waals surface area contributed by atoms with Crippen molar-refractivity contribution in [3.63, 3.8) is 0 Å². The zero-order chi connectivity index (χ0) is 10.2. The van der Waals surface area contributed by atoms with Gasteiger partial charge < -0.3 is 5.73 Å². The van der Waals surface area contributed by atoms with Crippen molar-refractivity contribution in [2.75, 3.05) is 0 Å². The predicted octanol–water partition coefficient (Wildman–Crippen LogP) is 2.99. The van der Waals surface area contributed by atoms with Gasteiger partial charge in [-0.2, -0.15) is 0 Å². The molecule has 3 heteroatoms. The Hall–Kier alpha value is -0.410. The van der Waals surface area contributed by atoms with Crippen LogP contribution in [0.4, 0.5) is 0 Å². The van der Waals surface area contributed by atoms with Crippen LogP contribution in [0.15, 0.2) is 5.38 Å². The van der Waals surface area contributed by atoms with E-state index in [2.05, 4.69) is 24.2 Å². The minimum absolute atomic E-state index is 0.191. The van der Waals surface area contributed by atoms with Crippen LogP contribution in [0.3, 0.4) is 0 Å². The van der Waals surface area contributed by atoms with Gasteiger partial charge in [0.25, 0.3) is 0 Å². The molecule has 1 fully saturated rings. The number of hydrogen-bond donors (Lipinski definition) is 1. The Morgan fingerprint density at radius 1 is 1.50 bits per heavy atom. The zero-order valence-electron chi connectivity index (χ0n) is 8.92. The molecule has 1 saturated carbocycles. The third-order valence-electron chi connectivity index (χ3n) is 3.22. The molecular formula is C11H18N2S. The van der Waals surface area contributed by atoms with Crippen LogP contribution in [0.1, 0.15) is 56.2 Å². The molecule has 2 N–H and O–H groups in total. The molecule has 1 aromatic heterocycles. The van der Waals surface area contributed by atoms with Crippen LogP contribution >= 0.6 is 11.3 Å². The molecule has 0 aromatic carbocycles. The molecule has 1 aliphatic carbocycles. The maximum absolute atomic E-state index is 6.30. The smallest absolute Gasteiger partial charge is 0.0960 e. The van der Waals surface area contributed by atoms with Gasteiger partial charge in [-0.3, -0.25) is 0 Å². The zero-order valence-corrected chi connectivity index (χ0v) is 9.73. The summed E-state index contributed by atoms with van der Waals surface area (Å²) in [5, 5.41) is 3.46. The third-order valence-corrected chi connectivity index (χ3v) is 4.23. The Morgan fingerprint density at radius 2 is 2.14 bits per heavy atom. The molecular weight excluding hydrogens is 192 g/mol. The fraction of sp³-hybridized carbons (Fsp3) is 0.727. The molecule has 0 spiro atoms. The van der Waals surface area contributed by atoms with Crippen LogP contribution in [0.2, 0.25) is 0 Å². The molecule has 0 atom stereocenters. The minimum Gasteiger partial charge on any atom is -0.320 e. The average molecular weight is 210 g/mol. The number of aromatic nitrogens is 1. The molecule has 78 valence electrons. The molecule has 0 saturated heterocycles. The van der Waals surface area contributed by atoms with Gasteiger partial charge in [0.1, 0.15) is 0 Å². The van der Waals surface area contributed by atoms with Crippen molar-refractivity contribution < 1.29 is 0 Å². The average Bonchev–Trinajstić information content (AvgIpc) is 2.95. The third kappa shape index (κ3) is 1.71. The maximum Gasteiger partial charge on any atom is 0.0960 e. The molecule has 0 amide bonds. The Kier molecular flexibility index (Phi) is 2.62. The summed E-state index contributed by atoms with van der Waals surface area (Å²) in [4.78, 5) is 4.68. The first-order valence-electron chi connectivity index (χ1n) is 5.44. The second-order valence-corrected chi connectivity index (χ2v) is 5.10. The molecule has 0 radical (unpaired) electrons. The van der Waals surface area contributed by atoms with Gasteiger partial charge in [-0.1, -0.05) is 13.8 Å². The van der Waals surface area contributed by atoms with E-state index in [1.165, 1.54) is 17.8 Å². The van der Waals surface area contributed by atoms with E-state index >= 15 is 0 Å². The van der Waals surface area contributed by atoms with E-state index in [0.717, 1.165) is 24.5 Å². The summed E-state index contributed by atoms with van der Waals surface area (Å²) in [5.74, 6) is 0.756. The molecule has 14 heavy (non-hydrogen) atoms. The van der Waals surface area contributed by atoms with Gasteiger partial charge in [0, 0.05) is 11.3 Å². The van der Waals surface area contributed by atoms with Crippen LogP contribution in [0.25, 0.3) is 0 Å².